The Balaban J connectivity index is 1.98. The number of aromatic amines is 1. The predicted octanol–water partition coefficient (Wildman–Crippen LogP) is 0.164. The number of aromatic nitrogens is 2. The predicted molar refractivity (Wildman–Crippen MR) is 95.8 cm³/mol. The highest BCUT2D eigenvalue weighted by molar-refractivity contribution is 6.05. The molecule has 0 fully saturated rings. The monoisotopic (exact) mass is 395 g/mol. The highest BCUT2D eigenvalue weighted by Gasteiger charge is 2.45. The van der Waals surface area contributed by atoms with Crippen LogP contribution in [0.3, 0.4) is 0 Å². The molecule has 2 aromatic rings. The molecular formula is C16H16F3N7O2. The fourth-order valence-electron chi connectivity index (χ4n) is 2.84. The first kappa shape index (κ1) is 19.4. The van der Waals surface area contributed by atoms with Gasteiger partial charge in [0.05, 0.1) is 12.7 Å². The fourth-order valence-corrected chi connectivity index (χ4v) is 2.84. The lowest BCUT2D eigenvalue weighted by molar-refractivity contribution is 0.0491. The van der Waals surface area contributed by atoms with Gasteiger partial charge in [0, 0.05) is 17.8 Å². The molecule has 1 aliphatic rings. The minimum Gasteiger partial charge on any atom is -0.386 e. The molecule has 0 spiro atoms. The summed E-state index contributed by atoms with van der Waals surface area (Å²) in [6.45, 7) is -0.238. The normalized spacial score (nSPS) is 19.4. The second-order valence-electron chi connectivity index (χ2n) is 6.09. The largest absolute Gasteiger partial charge is 0.386 e. The van der Waals surface area contributed by atoms with Gasteiger partial charge in [-0.1, -0.05) is 0 Å². The Morgan fingerprint density at radius 2 is 2.07 bits per heavy atom. The molecule has 12 heteroatoms. The number of rotatable bonds is 4. The Hall–Kier alpha value is -3.41. The minimum atomic E-state index is -3.06. The molecule has 0 saturated carbocycles. The summed E-state index contributed by atoms with van der Waals surface area (Å²) < 4.78 is 42.1. The maximum absolute atomic E-state index is 14.4. The molecule has 0 radical (unpaired) electrons. The van der Waals surface area contributed by atoms with Crippen LogP contribution in [0.2, 0.25) is 0 Å². The number of H-pyrrole nitrogens is 1. The zero-order valence-corrected chi connectivity index (χ0v) is 14.3. The second-order valence-corrected chi connectivity index (χ2v) is 6.09. The summed E-state index contributed by atoms with van der Waals surface area (Å²) in [6.07, 6.45) is -2.20. The van der Waals surface area contributed by atoms with E-state index >= 15 is 0 Å². The molecular weight excluding hydrogens is 379 g/mol. The van der Waals surface area contributed by atoms with Crippen molar-refractivity contribution in [2.24, 2.45) is 10.7 Å². The van der Waals surface area contributed by atoms with E-state index in [0.717, 1.165) is 18.3 Å². The van der Waals surface area contributed by atoms with Crippen LogP contribution in [0.4, 0.5) is 24.7 Å². The van der Waals surface area contributed by atoms with Crippen molar-refractivity contribution < 1.29 is 18.0 Å². The Labute approximate surface area is 156 Å². The summed E-state index contributed by atoms with van der Waals surface area (Å²) in [5.41, 5.74) is 7.57. The van der Waals surface area contributed by atoms with E-state index in [1.54, 1.807) is 0 Å². The van der Waals surface area contributed by atoms with Gasteiger partial charge in [-0.3, -0.25) is 14.6 Å². The molecule has 0 saturated heterocycles. The first-order chi connectivity index (χ1) is 13.2. The van der Waals surface area contributed by atoms with Crippen LogP contribution in [0, 0.1) is 5.82 Å². The van der Waals surface area contributed by atoms with Gasteiger partial charge in [0.2, 0.25) is 0 Å². The number of carbonyl (C=O) groups excluding carboxylic acids is 1. The number of anilines is 2. The number of halogens is 3. The molecule has 1 atom stereocenters. The lowest BCUT2D eigenvalue weighted by Crippen LogP contribution is -2.51. The average molecular weight is 395 g/mol. The second kappa shape index (κ2) is 7.31. The topological polar surface area (TPSA) is 151 Å². The van der Waals surface area contributed by atoms with Crippen molar-refractivity contribution in [1.29, 1.82) is 0 Å². The van der Waals surface area contributed by atoms with Crippen LogP contribution in [-0.4, -0.2) is 41.2 Å². The molecule has 2 heterocycles. The Morgan fingerprint density at radius 1 is 1.32 bits per heavy atom. The summed E-state index contributed by atoms with van der Waals surface area (Å²) in [6, 6.07) is 3.16. The van der Waals surface area contributed by atoms with Crippen LogP contribution in [0.15, 0.2) is 34.2 Å². The molecule has 1 unspecified atom stereocenters. The lowest BCUT2D eigenvalue weighted by atomic mass is 9.88. The van der Waals surface area contributed by atoms with Crippen molar-refractivity contribution in [3.05, 3.63) is 51.8 Å². The van der Waals surface area contributed by atoms with E-state index in [1.165, 1.54) is 6.07 Å². The van der Waals surface area contributed by atoms with Crippen molar-refractivity contribution in [3.63, 3.8) is 0 Å². The molecule has 7 N–H and O–H groups in total. The van der Waals surface area contributed by atoms with Crippen molar-refractivity contribution in [1.82, 2.24) is 15.3 Å². The molecule has 1 aliphatic heterocycles. The summed E-state index contributed by atoms with van der Waals surface area (Å²) in [5, 5.41) is 5.06. The first-order valence-electron chi connectivity index (χ1n) is 8.02. The molecule has 1 amide bonds. The van der Waals surface area contributed by atoms with Crippen LogP contribution in [0.5, 0.6) is 0 Å². The van der Waals surface area contributed by atoms with Gasteiger partial charge in [-0.05, 0) is 18.2 Å². The van der Waals surface area contributed by atoms with Gasteiger partial charge in [0.25, 0.3) is 17.9 Å². The number of alkyl halides is 2. The average Bonchev–Trinajstić information content (AvgIpc) is 2.62. The van der Waals surface area contributed by atoms with Gasteiger partial charge in [-0.25, -0.2) is 18.2 Å². The number of nitrogen functional groups attached to an aromatic ring is 1. The number of amidine groups is 1. The van der Waals surface area contributed by atoms with Crippen molar-refractivity contribution >= 4 is 23.2 Å². The van der Waals surface area contributed by atoms with E-state index in [0.29, 0.717) is 0 Å². The number of carbonyl (C=O) groups is 1. The highest BCUT2D eigenvalue weighted by Crippen LogP contribution is 2.36. The standard InChI is InChI=1S/C16H16F3N7O2/c17-9-2-1-7(24-14(28)12-13(21)25-11(27)5-23-12)3-8(9)16(15(18)19)6-22-4-10(20)26-16/h1-3,5,15,22H,4,6H2,(H2,20,26)(H,24,28)(H3,21,25,27). The summed E-state index contributed by atoms with van der Waals surface area (Å²) in [5.74, 6) is -2.11. The van der Waals surface area contributed by atoms with Crippen LogP contribution < -0.4 is 27.7 Å². The maximum Gasteiger partial charge on any atom is 0.278 e. The van der Waals surface area contributed by atoms with Crippen LogP contribution >= 0.6 is 0 Å². The van der Waals surface area contributed by atoms with Gasteiger partial charge in [0.1, 0.15) is 17.5 Å². The number of amides is 1. The quantitative estimate of drug-likeness (QED) is 0.498. The number of benzene rings is 1. The number of nitrogens with two attached hydrogens (primary N) is 2. The van der Waals surface area contributed by atoms with Crippen LogP contribution in [0.1, 0.15) is 16.1 Å². The molecule has 9 nitrogen and oxygen atoms in total. The number of nitrogens with zero attached hydrogens (tertiary/aromatic N) is 2. The highest BCUT2D eigenvalue weighted by atomic mass is 19.3. The summed E-state index contributed by atoms with van der Waals surface area (Å²) in [7, 11) is 0. The summed E-state index contributed by atoms with van der Waals surface area (Å²) >= 11 is 0. The van der Waals surface area contributed by atoms with Gasteiger partial charge in [-0.2, -0.15) is 0 Å². The third kappa shape index (κ3) is 3.53. The fraction of sp³-hybridized carbons (Fsp3) is 0.250. The number of aliphatic imine (C=N–C) groups is 1. The van der Waals surface area contributed by atoms with Gasteiger partial charge < -0.3 is 27.1 Å². The van der Waals surface area contributed by atoms with Gasteiger partial charge in [0.15, 0.2) is 11.2 Å². The molecule has 0 bridgehead atoms. The van der Waals surface area contributed by atoms with E-state index < -0.39 is 34.8 Å². The molecule has 148 valence electrons. The minimum absolute atomic E-state index is 0.00756. The van der Waals surface area contributed by atoms with Crippen molar-refractivity contribution in [2.75, 3.05) is 24.1 Å². The van der Waals surface area contributed by atoms with E-state index in [4.69, 9.17) is 11.5 Å². The van der Waals surface area contributed by atoms with Crippen LogP contribution in [-0.2, 0) is 5.54 Å². The number of hydrogen-bond acceptors (Lipinski definition) is 7. The third-order valence-electron chi connectivity index (χ3n) is 4.13. The summed E-state index contributed by atoms with van der Waals surface area (Å²) in [4.78, 5) is 33.1. The maximum atomic E-state index is 14.4. The Bertz CT molecular complexity index is 1010. The van der Waals surface area contributed by atoms with Crippen molar-refractivity contribution in [3.8, 4) is 0 Å². The Morgan fingerprint density at radius 3 is 2.71 bits per heavy atom. The van der Waals surface area contributed by atoms with Gasteiger partial charge >= 0.3 is 0 Å². The van der Waals surface area contributed by atoms with E-state index in [9.17, 15) is 22.8 Å². The SMILES string of the molecule is NC1=NC(c2cc(NC(=O)c3ncc(=O)[nH]c3N)ccc2F)(C(F)F)CNC1. The third-order valence-corrected chi connectivity index (χ3v) is 4.13. The zero-order valence-electron chi connectivity index (χ0n) is 14.3. The lowest BCUT2D eigenvalue weighted by Gasteiger charge is -2.34. The molecule has 1 aromatic carbocycles. The smallest absolute Gasteiger partial charge is 0.278 e. The molecule has 28 heavy (non-hydrogen) atoms. The zero-order chi connectivity index (χ0) is 20.5. The molecule has 1 aromatic heterocycles. The van der Waals surface area contributed by atoms with E-state index in [2.05, 4.69) is 25.6 Å². The molecule has 0 aliphatic carbocycles. The first-order valence-corrected chi connectivity index (χ1v) is 8.02. The van der Waals surface area contributed by atoms with Crippen LogP contribution in [0.25, 0.3) is 0 Å². The number of hydrogen-bond donors (Lipinski definition) is 5. The van der Waals surface area contributed by atoms with Gasteiger partial charge in [-0.15, -0.1) is 0 Å². The molecule has 3 rings (SSSR count). The van der Waals surface area contributed by atoms with E-state index in [-0.39, 0.29) is 36.1 Å². The Kier molecular flexibility index (Phi) is 5.05. The van der Waals surface area contributed by atoms with E-state index in [1.807, 2.05) is 0 Å². The van der Waals surface area contributed by atoms with Crippen molar-refractivity contribution in [2.45, 2.75) is 12.0 Å². The number of nitrogens with one attached hydrogen (secondary N) is 3.